The first-order chi connectivity index (χ1) is 9.82. The Balaban J connectivity index is 0.000000211. The topological polar surface area (TPSA) is 0 Å². The first-order valence-electron chi connectivity index (χ1n) is 7.95. The number of benzene rings is 2. The molecule has 0 heteroatoms. The standard InChI is InChI=1S/C11H16.C10H14/c1-8(2)11-7-5-6-9(3)10(11)4;1-8(2)10-6-4-5-9(3)7-10/h5-8H,1-4H3;4-8H,1-3H3. The summed E-state index contributed by atoms with van der Waals surface area (Å²) >= 11 is 0. The maximum Gasteiger partial charge on any atom is -0.0216 e. The van der Waals surface area contributed by atoms with Gasteiger partial charge in [0.05, 0.1) is 0 Å². The van der Waals surface area contributed by atoms with E-state index in [1.807, 2.05) is 0 Å². The van der Waals surface area contributed by atoms with Crippen LogP contribution in [0.1, 0.15) is 67.3 Å². The summed E-state index contributed by atoms with van der Waals surface area (Å²) < 4.78 is 0. The third kappa shape index (κ3) is 5.38. The predicted octanol–water partition coefficient (Wildman–Crippen LogP) is 6.55. The molecule has 0 N–H and O–H groups in total. The van der Waals surface area contributed by atoms with Crippen LogP contribution in [0, 0.1) is 20.8 Å². The van der Waals surface area contributed by atoms with Crippen molar-refractivity contribution in [3.63, 3.8) is 0 Å². The van der Waals surface area contributed by atoms with Crippen molar-refractivity contribution in [3.05, 3.63) is 70.3 Å². The van der Waals surface area contributed by atoms with E-state index in [-0.39, 0.29) is 0 Å². The zero-order valence-corrected chi connectivity index (χ0v) is 14.7. The summed E-state index contributed by atoms with van der Waals surface area (Å²) in [5, 5.41) is 0. The van der Waals surface area contributed by atoms with Crippen LogP contribution in [0.15, 0.2) is 42.5 Å². The average Bonchev–Trinajstić information content (AvgIpc) is 2.42. The Hall–Kier alpha value is -1.56. The van der Waals surface area contributed by atoms with Crippen LogP contribution < -0.4 is 0 Å². The molecule has 2 aromatic carbocycles. The van der Waals surface area contributed by atoms with E-state index in [4.69, 9.17) is 0 Å². The van der Waals surface area contributed by atoms with E-state index in [1.54, 1.807) is 0 Å². The van der Waals surface area contributed by atoms with Gasteiger partial charge in [0.15, 0.2) is 0 Å². The highest BCUT2D eigenvalue weighted by Gasteiger charge is 2.03. The summed E-state index contributed by atoms with van der Waals surface area (Å²) in [5.74, 6) is 1.30. The van der Waals surface area contributed by atoms with Crippen LogP contribution >= 0.6 is 0 Å². The second kappa shape index (κ2) is 8.02. The van der Waals surface area contributed by atoms with Gasteiger partial charge in [-0.3, -0.25) is 0 Å². The van der Waals surface area contributed by atoms with Crippen molar-refractivity contribution >= 4 is 0 Å². The fraction of sp³-hybridized carbons (Fsp3) is 0.429. The monoisotopic (exact) mass is 282 g/mol. The van der Waals surface area contributed by atoms with Crippen LogP contribution in [0.25, 0.3) is 0 Å². The molecule has 0 aliphatic carbocycles. The molecular weight excluding hydrogens is 252 g/mol. The van der Waals surface area contributed by atoms with Gasteiger partial charge >= 0.3 is 0 Å². The Morgan fingerprint density at radius 2 is 1.33 bits per heavy atom. The van der Waals surface area contributed by atoms with Crippen molar-refractivity contribution in [2.75, 3.05) is 0 Å². The van der Waals surface area contributed by atoms with Gasteiger partial charge < -0.3 is 0 Å². The maximum absolute atomic E-state index is 2.24. The van der Waals surface area contributed by atoms with Crippen LogP contribution in [-0.4, -0.2) is 0 Å². The fourth-order valence-corrected chi connectivity index (χ4v) is 2.43. The molecule has 0 aliphatic rings. The molecule has 0 aliphatic heterocycles. The third-order valence-corrected chi connectivity index (χ3v) is 3.98. The van der Waals surface area contributed by atoms with E-state index in [2.05, 4.69) is 90.9 Å². The molecule has 0 saturated heterocycles. The molecule has 2 rings (SSSR count). The molecule has 21 heavy (non-hydrogen) atoms. The van der Waals surface area contributed by atoms with Crippen molar-refractivity contribution in [2.24, 2.45) is 0 Å². The summed E-state index contributed by atoms with van der Waals surface area (Å²) in [6.07, 6.45) is 0. The molecule has 0 atom stereocenters. The smallest absolute Gasteiger partial charge is 0.0216 e. The second-order valence-corrected chi connectivity index (χ2v) is 6.51. The quantitative estimate of drug-likeness (QED) is 0.586. The molecule has 114 valence electrons. The Kier molecular flexibility index (Phi) is 6.68. The Morgan fingerprint density at radius 3 is 1.76 bits per heavy atom. The van der Waals surface area contributed by atoms with Gasteiger partial charge in [0, 0.05) is 0 Å². The maximum atomic E-state index is 2.24. The lowest BCUT2D eigenvalue weighted by Gasteiger charge is -2.10. The predicted molar refractivity (Wildman–Crippen MR) is 95.3 cm³/mol. The SMILES string of the molecule is Cc1cccc(C(C)C)c1.Cc1cccc(C(C)C)c1C. The Morgan fingerprint density at radius 1 is 0.714 bits per heavy atom. The fourth-order valence-electron chi connectivity index (χ4n) is 2.43. The summed E-state index contributed by atoms with van der Waals surface area (Å²) in [6, 6.07) is 15.2. The summed E-state index contributed by atoms with van der Waals surface area (Å²) in [6.45, 7) is 15.4. The molecule has 0 fully saturated rings. The van der Waals surface area contributed by atoms with Gasteiger partial charge in [-0.25, -0.2) is 0 Å². The van der Waals surface area contributed by atoms with Gasteiger partial charge in [0.2, 0.25) is 0 Å². The Labute approximate surface area is 131 Å². The minimum absolute atomic E-state index is 0.648. The first-order valence-corrected chi connectivity index (χ1v) is 7.95. The van der Waals surface area contributed by atoms with Crippen molar-refractivity contribution in [3.8, 4) is 0 Å². The molecule has 0 spiro atoms. The van der Waals surface area contributed by atoms with Gasteiger partial charge in [-0.2, -0.15) is 0 Å². The number of hydrogen-bond acceptors (Lipinski definition) is 0. The molecule has 0 bridgehead atoms. The van der Waals surface area contributed by atoms with Crippen molar-refractivity contribution < 1.29 is 0 Å². The van der Waals surface area contributed by atoms with E-state index in [9.17, 15) is 0 Å². The van der Waals surface area contributed by atoms with Crippen LogP contribution in [-0.2, 0) is 0 Å². The molecule has 0 saturated carbocycles. The number of hydrogen-bond donors (Lipinski definition) is 0. The van der Waals surface area contributed by atoms with E-state index >= 15 is 0 Å². The molecule has 0 aromatic heterocycles. The number of aryl methyl sites for hydroxylation is 2. The van der Waals surface area contributed by atoms with Crippen molar-refractivity contribution in [1.29, 1.82) is 0 Å². The highest BCUT2D eigenvalue weighted by molar-refractivity contribution is 5.34. The van der Waals surface area contributed by atoms with Gasteiger partial charge in [-0.15, -0.1) is 0 Å². The zero-order valence-electron chi connectivity index (χ0n) is 14.7. The lowest BCUT2D eigenvalue weighted by atomic mass is 9.95. The van der Waals surface area contributed by atoms with Crippen LogP contribution in [0.2, 0.25) is 0 Å². The van der Waals surface area contributed by atoms with Crippen molar-refractivity contribution in [2.45, 2.75) is 60.3 Å². The normalized spacial score (nSPS) is 10.5. The van der Waals surface area contributed by atoms with Crippen molar-refractivity contribution in [1.82, 2.24) is 0 Å². The van der Waals surface area contributed by atoms with Gasteiger partial charge in [0.1, 0.15) is 0 Å². The van der Waals surface area contributed by atoms with E-state index < -0.39 is 0 Å². The van der Waals surface area contributed by atoms with Gasteiger partial charge in [-0.1, -0.05) is 75.7 Å². The van der Waals surface area contributed by atoms with Crippen LogP contribution in [0.5, 0.6) is 0 Å². The zero-order chi connectivity index (χ0) is 16.0. The molecule has 0 heterocycles. The number of rotatable bonds is 2. The summed E-state index contributed by atoms with van der Waals surface area (Å²) in [7, 11) is 0. The summed E-state index contributed by atoms with van der Waals surface area (Å²) in [4.78, 5) is 0. The third-order valence-electron chi connectivity index (χ3n) is 3.98. The minimum atomic E-state index is 0.648. The molecule has 0 radical (unpaired) electrons. The highest BCUT2D eigenvalue weighted by Crippen LogP contribution is 2.20. The largest absolute Gasteiger partial charge is 0.0617 e. The van der Waals surface area contributed by atoms with Gasteiger partial charge in [-0.05, 0) is 54.9 Å². The summed E-state index contributed by atoms with van der Waals surface area (Å²) in [5.41, 5.74) is 7.11. The molecule has 0 amide bonds. The van der Waals surface area contributed by atoms with Crippen LogP contribution in [0.4, 0.5) is 0 Å². The lowest BCUT2D eigenvalue weighted by molar-refractivity contribution is 0.854. The first kappa shape index (κ1) is 17.5. The van der Waals surface area contributed by atoms with E-state index in [0.29, 0.717) is 11.8 Å². The average molecular weight is 282 g/mol. The minimum Gasteiger partial charge on any atom is -0.0617 e. The van der Waals surface area contributed by atoms with Gasteiger partial charge in [0.25, 0.3) is 0 Å². The second-order valence-electron chi connectivity index (χ2n) is 6.51. The Bertz CT molecular complexity index is 562. The van der Waals surface area contributed by atoms with E-state index in [1.165, 1.54) is 27.8 Å². The van der Waals surface area contributed by atoms with Crippen LogP contribution in [0.3, 0.4) is 0 Å². The van der Waals surface area contributed by atoms with E-state index in [0.717, 1.165) is 0 Å². The molecule has 0 unspecified atom stereocenters. The molecular formula is C21H30. The molecule has 0 nitrogen and oxygen atoms in total. The highest BCUT2D eigenvalue weighted by atomic mass is 14.1. The molecule has 2 aromatic rings. The lowest BCUT2D eigenvalue weighted by Crippen LogP contribution is -1.93.